The predicted octanol–water partition coefficient (Wildman–Crippen LogP) is 8.92. The van der Waals surface area contributed by atoms with Crippen LogP contribution in [-0.4, -0.2) is 56.4 Å². The fourth-order valence-corrected chi connectivity index (χ4v) is 8.20. The number of hydrogen-bond donors (Lipinski definition) is 0. The Morgan fingerprint density at radius 1 is 0.540 bits per heavy atom. The SMILES string of the molecule is Cc1ccccc1CON1C(C)(C)CC(OC(=O)c2ccc(C(=O)OC3CC(C)(C)N(OCc4ccccc4C)C(C)(C)C3)cc2)CC1(C)C. The van der Waals surface area contributed by atoms with E-state index in [-0.39, 0.29) is 34.4 Å². The van der Waals surface area contributed by atoms with Crippen LogP contribution in [0.25, 0.3) is 0 Å². The number of piperidine rings is 2. The average molecular weight is 685 g/mol. The van der Waals surface area contributed by atoms with Crippen LogP contribution in [0.2, 0.25) is 0 Å². The Morgan fingerprint density at radius 3 is 1.14 bits per heavy atom. The quantitative estimate of drug-likeness (QED) is 0.196. The van der Waals surface area contributed by atoms with E-state index in [1.807, 2.05) is 24.3 Å². The van der Waals surface area contributed by atoms with Crippen molar-refractivity contribution in [2.75, 3.05) is 0 Å². The molecule has 0 spiro atoms. The van der Waals surface area contributed by atoms with Crippen molar-refractivity contribution in [3.63, 3.8) is 0 Å². The maximum absolute atomic E-state index is 13.3. The van der Waals surface area contributed by atoms with Crippen molar-refractivity contribution in [1.29, 1.82) is 0 Å². The first-order valence-electron chi connectivity index (χ1n) is 17.9. The van der Waals surface area contributed by atoms with Gasteiger partial charge in [-0.2, -0.15) is 10.1 Å². The van der Waals surface area contributed by atoms with Crippen LogP contribution in [0, 0.1) is 13.8 Å². The molecule has 0 radical (unpaired) electrons. The van der Waals surface area contributed by atoms with Gasteiger partial charge in [0.15, 0.2) is 0 Å². The third-order valence-electron chi connectivity index (χ3n) is 10.2. The van der Waals surface area contributed by atoms with Crippen molar-refractivity contribution in [3.05, 3.63) is 106 Å². The monoisotopic (exact) mass is 684 g/mol. The minimum atomic E-state index is -0.405. The van der Waals surface area contributed by atoms with Gasteiger partial charge in [-0.3, -0.25) is 9.68 Å². The Bertz CT molecular complexity index is 1500. The molecule has 0 bridgehead atoms. The Morgan fingerprint density at radius 2 is 0.840 bits per heavy atom. The van der Waals surface area contributed by atoms with Gasteiger partial charge in [0, 0.05) is 47.8 Å². The molecular formula is C42H56N2O6. The number of ether oxygens (including phenoxy) is 2. The zero-order valence-electron chi connectivity index (χ0n) is 31.7. The van der Waals surface area contributed by atoms with Crippen LogP contribution < -0.4 is 0 Å². The van der Waals surface area contributed by atoms with E-state index in [1.165, 1.54) is 11.1 Å². The number of hydroxylamine groups is 4. The molecule has 270 valence electrons. The first-order valence-corrected chi connectivity index (χ1v) is 17.9. The highest BCUT2D eigenvalue weighted by molar-refractivity contribution is 5.93. The van der Waals surface area contributed by atoms with Crippen molar-refractivity contribution in [1.82, 2.24) is 10.1 Å². The first-order chi connectivity index (χ1) is 23.4. The summed E-state index contributed by atoms with van der Waals surface area (Å²) in [6.45, 7) is 22.1. The molecule has 3 aromatic carbocycles. The molecule has 5 rings (SSSR count). The van der Waals surface area contributed by atoms with Gasteiger partial charge in [0.1, 0.15) is 12.2 Å². The van der Waals surface area contributed by atoms with Crippen LogP contribution in [0.15, 0.2) is 72.8 Å². The number of carbonyl (C=O) groups is 2. The zero-order valence-corrected chi connectivity index (χ0v) is 31.7. The lowest BCUT2D eigenvalue weighted by Gasteiger charge is -2.53. The summed E-state index contributed by atoms with van der Waals surface area (Å²) in [7, 11) is 0. The second-order valence-electron chi connectivity index (χ2n) is 16.7. The van der Waals surface area contributed by atoms with Crippen LogP contribution in [0.5, 0.6) is 0 Å². The third kappa shape index (κ3) is 8.65. The number of esters is 2. The van der Waals surface area contributed by atoms with E-state index in [0.717, 1.165) is 11.1 Å². The van der Waals surface area contributed by atoms with E-state index in [1.54, 1.807) is 24.3 Å². The molecule has 2 aliphatic heterocycles. The molecule has 0 aromatic heterocycles. The number of aryl methyl sites for hydroxylation is 2. The van der Waals surface area contributed by atoms with Gasteiger partial charge in [0.25, 0.3) is 0 Å². The molecule has 0 N–H and O–H groups in total. The zero-order chi connectivity index (χ0) is 36.5. The highest BCUT2D eigenvalue weighted by atomic mass is 16.7. The van der Waals surface area contributed by atoms with Crippen molar-refractivity contribution < 1.29 is 28.7 Å². The number of rotatable bonds is 10. The third-order valence-corrected chi connectivity index (χ3v) is 10.2. The van der Waals surface area contributed by atoms with Gasteiger partial charge in [-0.05, 0) is 116 Å². The van der Waals surface area contributed by atoms with E-state index < -0.39 is 11.9 Å². The maximum Gasteiger partial charge on any atom is 0.338 e. The Labute approximate surface area is 298 Å². The van der Waals surface area contributed by atoms with E-state index in [2.05, 4.69) is 104 Å². The standard InChI is InChI=1S/C42H56N2O6/c1-29-15-11-13-17-33(29)27-47-43-39(3,4)23-35(24-40(43,5)6)49-37(45)31-19-21-32(22-20-31)38(46)50-36-25-41(7,8)44(42(9,10)26-36)48-28-34-18-14-12-16-30(34)2/h11-22,35-36H,23-28H2,1-10H3. The molecule has 8 heteroatoms. The topological polar surface area (TPSA) is 77.5 Å². The number of nitrogens with zero attached hydrogens (tertiary/aromatic N) is 2. The molecule has 0 amide bonds. The van der Waals surface area contributed by atoms with Crippen LogP contribution >= 0.6 is 0 Å². The molecule has 8 nitrogen and oxygen atoms in total. The van der Waals surface area contributed by atoms with Gasteiger partial charge in [-0.1, -0.05) is 48.5 Å². The summed E-state index contributed by atoms with van der Waals surface area (Å²) in [6, 6.07) is 23.0. The molecule has 3 aromatic rings. The van der Waals surface area contributed by atoms with Gasteiger partial charge in [-0.25, -0.2) is 9.59 Å². The molecule has 50 heavy (non-hydrogen) atoms. The summed E-state index contributed by atoms with van der Waals surface area (Å²) in [5.41, 5.74) is 4.03. The predicted molar refractivity (Wildman–Crippen MR) is 195 cm³/mol. The summed E-state index contributed by atoms with van der Waals surface area (Å²) in [4.78, 5) is 39.4. The second-order valence-corrected chi connectivity index (χ2v) is 16.7. The smallest absolute Gasteiger partial charge is 0.338 e. The fraction of sp³-hybridized carbons (Fsp3) is 0.524. The normalized spacial score (nSPS) is 20.7. The van der Waals surface area contributed by atoms with Crippen molar-refractivity contribution >= 4 is 11.9 Å². The number of carbonyl (C=O) groups excluding carboxylic acids is 2. The molecule has 0 atom stereocenters. The van der Waals surface area contributed by atoms with E-state index in [9.17, 15) is 9.59 Å². The van der Waals surface area contributed by atoms with Crippen molar-refractivity contribution in [2.45, 2.75) is 142 Å². The molecule has 2 heterocycles. The Kier molecular flexibility index (Phi) is 11.0. The molecular weight excluding hydrogens is 628 g/mol. The lowest BCUT2D eigenvalue weighted by molar-refractivity contribution is -0.298. The molecule has 0 unspecified atom stereocenters. The van der Waals surface area contributed by atoms with Crippen molar-refractivity contribution in [3.8, 4) is 0 Å². The van der Waals surface area contributed by atoms with Gasteiger partial charge in [0.05, 0.1) is 24.3 Å². The number of benzene rings is 3. The van der Waals surface area contributed by atoms with Crippen LogP contribution in [0.3, 0.4) is 0 Å². The molecule has 2 aliphatic rings. The van der Waals surface area contributed by atoms with Crippen LogP contribution in [-0.2, 0) is 32.4 Å². The van der Waals surface area contributed by atoms with Crippen LogP contribution in [0.4, 0.5) is 0 Å². The maximum atomic E-state index is 13.3. The van der Waals surface area contributed by atoms with Gasteiger partial charge in [0.2, 0.25) is 0 Å². The summed E-state index contributed by atoms with van der Waals surface area (Å²) < 4.78 is 12.1. The fourth-order valence-electron chi connectivity index (χ4n) is 8.20. The summed E-state index contributed by atoms with van der Waals surface area (Å²) in [5.74, 6) is -0.810. The summed E-state index contributed by atoms with van der Waals surface area (Å²) in [5, 5.41) is 4.14. The van der Waals surface area contributed by atoms with Gasteiger partial charge < -0.3 is 9.47 Å². The Balaban J connectivity index is 1.15. The summed E-state index contributed by atoms with van der Waals surface area (Å²) in [6.07, 6.45) is 1.94. The van der Waals surface area contributed by atoms with Gasteiger partial charge in [-0.15, -0.1) is 0 Å². The molecule has 0 saturated carbocycles. The first kappa shape index (κ1) is 37.7. The minimum Gasteiger partial charge on any atom is -0.459 e. The highest BCUT2D eigenvalue weighted by Crippen LogP contribution is 2.42. The lowest BCUT2D eigenvalue weighted by atomic mass is 9.80. The van der Waals surface area contributed by atoms with Crippen LogP contribution in [0.1, 0.15) is 124 Å². The van der Waals surface area contributed by atoms with E-state index in [0.29, 0.717) is 50.0 Å². The minimum absolute atomic E-state index is 0.284. The Hall–Kier alpha value is -3.56. The largest absolute Gasteiger partial charge is 0.459 e. The van der Waals surface area contributed by atoms with Gasteiger partial charge >= 0.3 is 11.9 Å². The second kappa shape index (κ2) is 14.6. The van der Waals surface area contributed by atoms with E-state index in [4.69, 9.17) is 19.1 Å². The molecule has 2 fully saturated rings. The van der Waals surface area contributed by atoms with Crippen molar-refractivity contribution in [2.24, 2.45) is 0 Å². The highest BCUT2D eigenvalue weighted by Gasteiger charge is 2.49. The molecule has 2 saturated heterocycles. The van der Waals surface area contributed by atoms with E-state index >= 15 is 0 Å². The lowest BCUT2D eigenvalue weighted by Crippen LogP contribution is -2.62. The molecule has 0 aliphatic carbocycles. The average Bonchev–Trinajstić information content (AvgIpc) is 3.00. The number of hydrogen-bond acceptors (Lipinski definition) is 8. The summed E-state index contributed by atoms with van der Waals surface area (Å²) >= 11 is 0.